The Hall–Kier alpha value is -1.56. The predicted octanol–water partition coefficient (Wildman–Crippen LogP) is 0.206. The lowest BCUT2D eigenvalue weighted by Crippen LogP contribution is -2.40. The van der Waals surface area contributed by atoms with Crippen LogP contribution in [0.5, 0.6) is 0 Å². The van der Waals surface area contributed by atoms with Gasteiger partial charge in [0.1, 0.15) is 11.4 Å². The first kappa shape index (κ1) is 11.9. The number of aromatic amines is 1. The van der Waals surface area contributed by atoms with Crippen LogP contribution in [0, 0.1) is 0 Å². The van der Waals surface area contributed by atoms with Gasteiger partial charge in [-0.25, -0.2) is 0 Å². The van der Waals surface area contributed by atoms with Gasteiger partial charge in [0.2, 0.25) is 0 Å². The molecule has 1 amide bonds. The average molecular weight is 237 g/mol. The lowest BCUT2D eigenvalue weighted by molar-refractivity contribution is 0.0942. The van der Waals surface area contributed by atoms with E-state index in [2.05, 4.69) is 27.3 Å². The van der Waals surface area contributed by atoms with E-state index in [1.54, 1.807) is 0 Å². The van der Waals surface area contributed by atoms with Crippen molar-refractivity contribution >= 4 is 11.7 Å². The molecule has 1 unspecified atom stereocenters. The van der Waals surface area contributed by atoms with Crippen LogP contribution in [0.3, 0.4) is 0 Å². The minimum Gasteiger partial charge on any atom is -0.383 e. The van der Waals surface area contributed by atoms with Crippen LogP contribution in [0.1, 0.15) is 30.1 Å². The van der Waals surface area contributed by atoms with Gasteiger partial charge in [-0.05, 0) is 25.9 Å². The van der Waals surface area contributed by atoms with Crippen molar-refractivity contribution in [3.05, 3.63) is 11.8 Å². The fourth-order valence-electron chi connectivity index (χ4n) is 2.33. The molecule has 6 nitrogen and oxygen atoms in total. The first-order valence-electron chi connectivity index (χ1n) is 6.03. The zero-order valence-electron chi connectivity index (χ0n) is 10.1. The zero-order valence-corrected chi connectivity index (χ0v) is 10.1. The number of anilines is 1. The molecule has 1 atom stereocenters. The lowest BCUT2D eigenvalue weighted by atomic mass is 10.2. The third-order valence-corrected chi connectivity index (χ3v) is 3.32. The minimum atomic E-state index is -0.154. The fourth-order valence-corrected chi connectivity index (χ4v) is 2.33. The van der Waals surface area contributed by atoms with Crippen LogP contribution in [0.15, 0.2) is 6.20 Å². The summed E-state index contributed by atoms with van der Waals surface area (Å²) in [6.45, 7) is 4.99. The molecule has 1 aromatic rings. The number of nitrogens with two attached hydrogens (primary N) is 1. The Morgan fingerprint density at radius 1 is 1.76 bits per heavy atom. The molecule has 0 bridgehead atoms. The van der Waals surface area contributed by atoms with Gasteiger partial charge in [0.05, 0.1) is 6.20 Å². The number of hydrogen-bond acceptors (Lipinski definition) is 4. The number of nitrogen functional groups attached to an aromatic ring is 1. The number of nitrogens with zero attached hydrogens (tertiary/aromatic N) is 2. The maximum Gasteiger partial charge on any atom is 0.256 e. The van der Waals surface area contributed by atoms with Gasteiger partial charge in [-0.3, -0.25) is 14.8 Å². The Kier molecular flexibility index (Phi) is 3.63. The van der Waals surface area contributed by atoms with Crippen LogP contribution in [-0.4, -0.2) is 46.7 Å². The third-order valence-electron chi connectivity index (χ3n) is 3.32. The molecule has 2 heterocycles. The van der Waals surface area contributed by atoms with Crippen molar-refractivity contribution in [1.29, 1.82) is 0 Å². The van der Waals surface area contributed by atoms with E-state index >= 15 is 0 Å². The highest BCUT2D eigenvalue weighted by Crippen LogP contribution is 2.15. The lowest BCUT2D eigenvalue weighted by Gasteiger charge is -2.22. The van der Waals surface area contributed by atoms with Gasteiger partial charge in [-0.1, -0.05) is 6.92 Å². The summed E-state index contributed by atoms with van der Waals surface area (Å²) in [5.74, 6) is 0.167. The normalized spacial score (nSPS) is 20.6. The number of nitrogens with one attached hydrogen (secondary N) is 2. The maximum atomic E-state index is 11.8. The number of carbonyl (C=O) groups excluding carboxylic acids is 1. The largest absolute Gasteiger partial charge is 0.383 e. The molecular formula is C11H19N5O. The highest BCUT2D eigenvalue weighted by Gasteiger charge is 2.23. The molecule has 1 aliphatic rings. The predicted molar refractivity (Wildman–Crippen MR) is 65.6 cm³/mol. The molecule has 0 saturated carbocycles. The van der Waals surface area contributed by atoms with Crippen LogP contribution in [-0.2, 0) is 0 Å². The van der Waals surface area contributed by atoms with Crippen molar-refractivity contribution in [1.82, 2.24) is 20.4 Å². The van der Waals surface area contributed by atoms with Gasteiger partial charge >= 0.3 is 0 Å². The standard InChI is InChI=1S/C11H19N5O/c1-2-16-5-3-4-8(16)6-13-11(17)9-7-14-15-10(9)12/h7-8H,2-6H2,1H3,(H,13,17)(H3,12,14,15). The van der Waals surface area contributed by atoms with Crippen molar-refractivity contribution in [2.75, 3.05) is 25.4 Å². The molecule has 1 saturated heterocycles. The van der Waals surface area contributed by atoms with E-state index in [1.165, 1.54) is 12.6 Å². The van der Waals surface area contributed by atoms with E-state index in [0.717, 1.165) is 19.5 Å². The van der Waals surface area contributed by atoms with Gasteiger partial charge < -0.3 is 11.1 Å². The van der Waals surface area contributed by atoms with Crippen molar-refractivity contribution < 1.29 is 4.79 Å². The van der Waals surface area contributed by atoms with Crippen molar-refractivity contribution in [2.24, 2.45) is 0 Å². The highest BCUT2D eigenvalue weighted by molar-refractivity contribution is 5.98. The molecule has 0 radical (unpaired) electrons. The summed E-state index contributed by atoms with van der Waals surface area (Å²) in [5, 5.41) is 9.20. The number of amides is 1. The first-order chi connectivity index (χ1) is 8.22. The number of H-pyrrole nitrogens is 1. The van der Waals surface area contributed by atoms with E-state index in [0.29, 0.717) is 24.0 Å². The first-order valence-corrected chi connectivity index (χ1v) is 6.03. The summed E-state index contributed by atoms with van der Waals surface area (Å²) in [7, 11) is 0. The van der Waals surface area contributed by atoms with E-state index in [9.17, 15) is 4.79 Å². The molecule has 4 N–H and O–H groups in total. The molecule has 2 rings (SSSR count). The zero-order chi connectivity index (χ0) is 12.3. The van der Waals surface area contributed by atoms with Crippen LogP contribution in [0.4, 0.5) is 5.82 Å². The fraction of sp³-hybridized carbons (Fsp3) is 0.636. The maximum absolute atomic E-state index is 11.8. The molecule has 1 fully saturated rings. The van der Waals surface area contributed by atoms with Crippen molar-refractivity contribution in [3.8, 4) is 0 Å². The van der Waals surface area contributed by atoms with Gasteiger partial charge in [0.15, 0.2) is 0 Å². The minimum absolute atomic E-state index is 0.154. The summed E-state index contributed by atoms with van der Waals surface area (Å²) in [6, 6.07) is 0.456. The Bertz CT molecular complexity index is 389. The quantitative estimate of drug-likeness (QED) is 0.698. The monoisotopic (exact) mass is 237 g/mol. The number of rotatable bonds is 4. The van der Waals surface area contributed by atoms with E-state index < -0.39 is 0 Å². The Morgan fingerprint density at radius 2 is 2.59 bits per heavy atom. The summed E-state index contributed by atoms with van der Waals surface area (Å²) < 4.78 is 0. The summed E-state index contributed by atoms with van der Waals surface area (Å²) in [4.78, 5) is 14.2. The van der Waals surface area contributed by atoms with Gasteiger partial charge in [0, 0.05) is 12.6 Å². The third kappa shape index (κ3) is 2.58. The summed E-state index contributed by atoms with van der Waals surface area (Å²) in [5.41, 5.74) is 6.01. The second kappa shape index (κ2) is 5.18. The molecule has 1 aromatic heterocycles. The van der Waals surface area contributed by atoms with Gasteiger partial charge in [-0.15, -0.1) is 0 Å². The van der Waals surface area contributed by atoms with E-state index in [1.807, 2.05) is 0 Å². The SMILES string of the molecule is CCN1CCCC1CNC(=O)c1cn[nH]c1N. The number of likely N-dealkylation sites (N-methyl/N-ethyl adjacent to an activating group) is 1. The van der Waals surface area contributed by atoms with Crippen LogP contribution in [0.25, 0.3) is 0 Å². The van der Waals surface area contributed by atoms with Crippen LogP contribution in [0.2, 0.25) is 0 Å². The number of aromatic nitrogens is 2. The van der Waals surface area contributed by atoms with Crippen molar-refractivity contribution in [2.45, 2.75) is 25.8 Å². The molecule has 6 heteroatoms. The van der Waals surface area contributed by atoms with E-state index in [4.69, 9.17) is 5.73 Å². The number of likely N-dealkylation sites (tertiary alicyclic amines) is 1. The average Bonchev–Trinajstić information content (AvgIpc) is 2.94. The van der Waals surface area contributed by atoms with Crippen molar-refractivity contribution in [3.63, 3.8) is 0 Å². The molecule has 0 aromatic carbocycles. The van der Waals surface area contributed by atoms with Crippen LogP contribution >= 0.6 is 0 Å². The molecule has 1 aliphatic heterocycles. The second-order valence-electron chi connectivity index (χ2n) is 4.33. The topological polar surface area (TPSA) is 87.0 Å². The highest BCUT2D eigenvalue weighted by atomic mass is 16.1. The molecular weight excluding hydrogens is 218 g/mol. The molecule has 0 spiro atoms. The smallest absolute Gasteiger partial charge is 0.256 e. The summed E-state index contributed by atoms with van der Waals surface area (Å²) in [6.07, 6.45) is 3.81. The Morgan fingerprint density at radius 3 is 3.24 bits per heavy atom. The Balaban J connectivity index is 1.86. The summed E-state index contributed by atoms with van der Waals surface area (Å²) >= 11 is 0. The number of carbonyl (C=O) groups is 1. The second-order valence-corrected chi connectivity index (χ2v) is 4.33. The van der Waals surface area contributed by atoms with Gasteiger partial charge in [0.25, 0.3) is 5.91 Å². The van der Waals surface area contributed by atoms with Crippen LogP contribution < -0.4 is 11.1 Å². The molecule has 94 valence electrons. The molecule has 0 aliphatic carbocycles. The van der Waals surface area contributed by atoms with Gasteiger partial charge in [-0.2, -0.15) is 5.10 Å². The van der Waals surface area contributed by atoms with E-state index in [-0.39, 0.29) is 5.91 Å². The molecule has 17 heavy (non-hydrogen) atoms. The number of hydrogen-bond donors (Lipinski definition) is 3. The Labute approximate surface area is 101 Å².